The lowest BCUT2D eigenvalue weighted by Crippen LogP contribution is -2.40. The molecule has 124 valence electrons. The van der Waals surface area contributed by atoms with E-state index in [2.05, 4.69) is 6.07 Å². The Bertz CT molecular complexity index is 1150. The summed E-state index contributed by atoms with van der Waals surface area (Å²) in [6.07, 6.45) is 0. The van der Waals surface area contributed by atoms with Crippen LogP contribution in [0.3, 0.4) is 0 Å². The van der Waals surface area contributed by atoms with Crippen LogP contribution in [0.5, 0.6) is 0 Å². The molecule has 2 amide bonds. The van der Waals surface area contributed by atoms with Crippen molar-refractivity contribution < 1.29 is 19.5 Å². The molecule has 0 bridgehead atoms. The van der Waals surface area contributed by atoms with Crippen LogP contribution in [0.2, 0.25) is 0 Å². The first-order valence-corrected chi connectivity index (χ1v) is 7.71. The number of rotatable bonds is 2. The molecular formula is C20H10N2O4. The third kappa shape index (κ3) is 2.08. The average molecular weight is 342 g/mol. The van der Waals surface area contributed by atoms with Gasteiger partial charge in [0.1, 0.15) is 0 Å². The summed E-state index contributed by atoms with van der Waals surface area (Å²) in [5.41, 5.74) is 1.15. The highest BCUT2D eigenvalue weighted by atomic mass is 16.4. The van der Waals surface area contributed by atoms with E-state index < -0.39 is 17.8 Å². The normalized spacial score (nSPS) is 13.0. The number of carboxylic acids is 1. The van der Waals surface area contributed by atoms with Crippen LogP contribution in [-0.2, 0) is 0 Å². The third-order valence-corrected chi connectivity index (χ3v) is 4.38. The predicted molar refractivity (Wildman–Crippen MR) is 93.2 cm³/mol. The topological polar surface area (TPSA) is 98.5 Å². The molecule has 6 heteroatoms. The van der Waals surface area contributed by atoms with Crippen LogP contribution in [0.15, 0.2) is 54.6 Å². The summed E-state index contributed by atoms with van der Waals surface area (Å²) >= 11 is 0. The molecule has 0 spiro atoms. The number of carbonyl (C=O) groups is 3. The van der Waals surface area contributed by atoms with Gasteiger partial charge in [-0.1, -0.05) is 18.2 Å². The number of aromatic carboxylic acids is 1. The molecule has 0 atom stereocenters. The molecule has 3 aromatic rings. The molecule has 0 aliphatic carbocycles. The van der Waals surface area contributed by atoms with Gasteiger partial charge >= 0.3 is 5.97 Å². The van der Waals surface area contributed by atoms with Crippen LogP contribution >= 0.6 is 0 Å². The first-order chi connectivity index (χ1) is 12.5. The summed E-state index contributed by atoms with van der Waals surface area (Å²) in [5, 5.41) is 19.4. The van der Waals surface area contributed by atoms with Crippen molar-refractivity contribution in [2.24, 2.45) is 0 Å². The number of anilines is 1. The Labute approximate surface area is 147 Å². The first kappa shape index (κ1) is 15.5. The monoisotopic (exact) mass is 342 g/mol. The fourth-order valence-corrected chi connectivity index (χ4v) is 3.21. The van der Waals surface area contributed by atoms with Crippen molar-refractivity contribution in [1.29, 1.82) is 5.26 Å². The molecule has 4 rings (SSSR count). The number of hydrogen-bond acceptors (Lipinski definition) is 4. The van der Waals surface area contributed by atoms with Gasteiger partial charge in [0.05, 0.1) is 22.9 Å². The number of hydrogen-bond donors (Lipinski definition) is 1. The van der Waals surface area contributed by atoms with Gasteiger partial charge in [-0.2, -0.15) is 5.26 Å². The number of imide groups is 1. The largest absolute Gasteiger partial charge is 0.478 e. The van der Waals surface area contributed by atoms with Crippen LogP contribution < -0.4 is 4.90 Å². The van der Waals surface area contributed by atoms with Gasteiger partial charge in [0.2, 0.25) is 0 Å². The minimum atomic E-state index is -1.15. The summed E-state index contributed by atoms with van der Waals surface area (Å²) in [4.78, 5) is 38.1. The van der Waals surface area contributed by atoms with Crippen molar-refractivity contribution >= 4 is 34.2 Å². The van der Waals surface area contributed by atoms with Crippen LogP contribution in [0.4, 0.5) is 5.69 Å². The van der Waals surface area contributed by atoms with Crippen LogP contribution in [-0.4, -0.2) is 22.9 Å². The number of nitriles is 1. The van der Waals surface area contributed by atoms with E-state index in [1.54, 1.807) is 24.3 Å². The van der Waals surface area contributed by atoms with Gasteiger partial charge < -0.3 is 5.11 Å². The SMILES string of the molecule is N#Cc1ccc2c3c(cccc13)C(=O)N(c1cccc(C(=O)O)c1)C2=O. The summed E-state index contributed by atoms with van der Waals surface area (Å²) in [6.45, 7) is 0. The number of benzene rings is 3. The van der Waals surface area contributed by atoms with Crippen molar-refractivity contribution in [3.05, 3.63) is 76.9 Å². The second-order valence-electron chi connectivity index (χ2n) is 5.80. The molecule has 1 aliphatic heterocycles. The molecule has 0 radical (unpaired) electrons. The lowest BCUT2D eigenvalue weighted by molar-refractivity contribution is 0.0695. The quantitative estimate of drug-likeness (QED) is 0.721. The zero-order valence-corrected chi connectivity index (χ0v) is 13.3. The van der Waals surface area contributed by atoms with Gasteiger partial charge in [-0.05, 0) is 36.4 Å². The van der Waals surface area contributed by atoms with Crippen molar-refractivity contribution in [2.45, 2.75) is 0 Å². The zero-order valence-electron chi connectivity index (χ0n) is 13.3. The van der Waals surface area contributed by atoms with Gasteiger partial charge in [-0.3, -0.25) is 9.59 Å². The molecule has 0 saturated heterocycles. The van der Waals surface area contributed by atoms with E-state index in [4.69, 9.17) is 5.11 Å². The van der Waals surface area contributed by atoms with E-state index in [1.165, 1.54) is 30.3 Å². The Morgan fingerprint density at radius 3 is 2.35 bits per heavy atom. The van der Waals surface area contributed by atoms with Crippen LogP contribution in [0.25, 0.3) is 10.8 Å². The first-order valence-electron chi connectivity index (χ1n) is 7.71. The Balaban J connectivity index is 1.97. The summed E-state index contributed by atoms with van der Waals surface area (Å²) in [5.74, 6) is -2.25. The number of carboxylic acid groups (broad SMARTS) is 1. The lowest BCUT2D eigenvalue weighted by Gasteiger charge is -2.27. The van der Waals surface area contributed by atoms with Crippen molar-refractivity contribution in [1.82, 2.24) is 0 Å². The molecule has 26 heavy (non-hydrogen) atoms. The lowest BCUT2D eigenvalue weighted by atomic mass is 9.91. The van der Waals surface area contributed by atoms with E-state index in [0.29, 0.717) is 27.5 Å². The van der Waals surface area contributed by atoms with Gasteiger partial charge in [0, 0.05) is 21.9 Å². The predicted octanol–water partition coefficient (Wildman–Crippen LogP) is 3.21. The minimum absolute atomic E-state index is 0.0214. The second-order valence-corrected chi connectivity index (χ2v) is 5.80. The summed E-state index contributed by atoms with van der Waals surface area (Å²) in [7, 11) is 0. The summed E-state index contributed by atoms with van der Waals surface area (Å²) in [6, 6.07) is 15.7. The Kier molecular flexibility index (Phi) is 3.31. The molecule has 1 N–H and O–H groups in total. The van der Waals surface area contributed by atoms with E-state index in [-0.39, 0.29) is 11.3 Å². The molecule has 0 saturated carbocycles. The van der Waals surface area contributed by atoms with Crippen LogP contribution in [0.1, 0.15) is 36.6 Å². The maximum Gasteiger partial charge on any atom is 0.335 e. The molecule has 6 nitrogen and oxygen atoms in total. The van der Waals surface area contributed by atoms with Crippen molar-refractivity contribution in [3.63, 3.8) is 0 Å². The fraction of sp³-hybridized carbons (Fsp3) is 0. The number of amides is 2. The standard InChI is InChI=1S/C20H10N2O4/c21-10-12-7-8-16-17-14(12)5-2-6-15(17)18(23)22(19(16)24)13-4-1-3-11(9-13)20(25)26/h1-9H,(H,25,26). The smallest absolute Gasteiger partial charge is 0.335 e. The maximum atomic E-state index is 13.0. The van der Waals surface area contributed by atoms with Crippen molar-refractivity contribution in [3.8, 4) is 6.07 Å². The highest BCUT2D eigenvalue weighted by Crippen LogP contribution is 2.34. The number of nitrogens with zero attached hydrogens (tertiary/aromatic N) is 2. The highest BCUT2D eigenvalue weighted by molar-refractivity contribution is 6.36. The van der Waals surface area contributed by atoms with Crippen LogP contribution in [0, 0.1) is 11.3 Å². The minimum Gasteiger partial charge on any atom is -0.478 e. The molecule has 0 unspecified atom stereocenters. The molecule has 1 aliphatic rings. The maximum absolute atomic E-state index is 13.0. The van der Waals surface area contributed by atoms with E-state index in [0.717, 1.165) is 4.90 Å². The van der Waals surface area contributed by atoms with Gasteiger partial charge in [-0.25, -0.2) is 9.69 Å². The van der Waals surface area contributed by atoms with E-state index >= 15 is 0 Å². The summed E-state index contributed by atoms with van der Waals surface area (Å²) < 4.78 is 0. The van der Waals surface area contributed by atoms with Crippen molar-refractivity contribution in [2.75, 3.05) is 4.90 Å². The van der Waals surface area contributed by atoms with Gasteiger partial charge in [0.25, 0.3) is 11.8 Å². The van der Waals surface area contributed by atoms with Gasteiger partial charge in [-0.15, -0.1) is 0 Å². The number of carbonyl (C=O) groups excluding carboxylic acids is 2. The average Bonchev–Trinajstić information content (AvgIpc) is 2.66. The molecule has 3 aromatic carbocycles. The Morgan fingerprint density at radius 2 is 1.65 bits per heavy atom. The second kappa shape index (κ2) is 5.53. The van der Waals surface area contributed by atoms with E-state index in [9.17, 15) is 19.6 Å². The molecule has 0 fully saturated rings. The Morgan fingerprint density at radius 1 is 0.962 bits per heavy atom. The van der Waals surface area contributed by atoms with Gasteiger partial charge in [0.15, 0.2) is 0 Å². The fourth-order valence-electron chi connectivity index (χ4n) is 3.21. The molecule has 1 heterocycles. The molecule has 0 aromatic heterocycles. The Hall–Kier alpha value is -3.98. The third-order valence-electron chi connectivity index (χ3n) is 4.38. The van der Waals surface area contributed by atoms with E-state index in [1.807, 2.05) is 0 Å². The molecular weight excluding hydrogens is 332 g/mol. The zero-order chi connectivity index (χ0) is 18.4. The highest BCUT2D eigenvalue weighted by Gasteiger charge is 2.34.